The van der Waals surface area contributed by atoms with Crippen LogP contribution in [0, 0.1) is 0 Å². The van der Waals surface area contributed by atoms with Crippen LogP contribution in [0.2, 0.25) is 10.0 Å². The number of rotatable bonds is 3. The van der Waals surface area contributed by atoms with Crippen molar-refractivity contribution in [2.75, 3.05) is 5.73 Å². The molecular weight excluding hydrogens is 313 g/mol. The summed E-state index contributed by atoms with van der Waals surface area (Å²) >= 11 is 13.7. The Labute approximate surface area is 130 Å². The fourth-order valence-electron chi connectivity index (χ4n) is 1.88. The zero-order valence-corrected chi connectivity index (χ0v) is 12.7. The summed E-state index contributed by atoms with van der Waals surface area (Å²) in [5.41, 5.74) is 8.32. The Hall–Kier alpha value is -1.36. The van der Waals surface area contributed by atoms with Crippen molar-refractivity contribution in [1.29, 1.82) is 0 Å². The number of hydrogen-bond donors (Lipinski definition) is 2. The predicted octanol–water partition coefficient (Wildman–Crippen LogP) is 4.74. The maximum atomic E-state index is 6.14. The summed E-state index contributed by atoms with van der Waals surface area (Å²) in [6, 6.07) is 11.1. The van der Waals surface area contributed by atoms with E-state index in [1.54, 1.807) is 23.9 Å². The van der Waals surface area contributed by atoms with Gasteiger partial charge in [-0.1, -0.05) is 23.2 Å². The Kier molecular flexibility index (Phi) is 3.78. The molecule has 0 aliphatic heterocycles. The van der Waals surface area contributed by atoms with E-state index < -0.39 is 0 Å². The number of H-pyrrole nitrogens is 1. The van der Waals surface area contributed by atoms with Crippen LogP contribution >= 0.6 is 35.0 Å². The molecule has 3 N–H and O–H groups in total. The lowest BCUT2D eigenvalue weighted by atomic mass is 10.3. The molecule has 0 aliphatic rings. The van der Waals surface area contributed by atoms with Crippen LogP contribution in [0.1, 0.15) is 5.82 Å². The number of aromatic amines is 1. The summed E-state index contributed by atoms with van der Waals surface area (Å²) in [4.78, 5) is 8.71. The number of fused-ring (bicyclic) bond motifs is 1. The number of nitrogen functional groups attached to an aromatic ring is 1. The molecule has 0 fully saturated rings. The molecule has 102 valence electrons. The number of halogens is 2. The number of benzene rings is 2. The highest BCUT2D eigenvalue weighted by molar-refractivity contribution is 7.98. The van der Waals surface area contributed by atoms with E-state index in [2.05, 4.69) is 9.97 Å². The Morgan fingerprint density at radius 1 is 1.15 bits per heavy atom. The first-order valence-corrected chi connectivity index (χ1v) is 7.68. The molecule has 3 nitrogen and oxygen atoms in total. The molecule has 0 bridgehead atoms. The maximum absolute atomic E-state index is 6.14. The number of nitrogens with one attached hydrogen (secondary N) is 1. The van der Waals surface area contributed by atoms with Gasteiger partial charge in [-0.3, -0.25) is 0 Å². The molecule has 1 aromatic heterocycles. The first kappa shape index (κ1) is 13.6. The fourth-order valence-corrected chi connectivity index (χ4v) is 3.25. The molecule has 0 spiro atoms. The number of hydrogen-bond acceptors (Lipinski definition) is 3. The first-order valence-electron chi connectivity index (χ1n) is 5.94. The number of anilines is 1. The van der Waals surface area contributed by atoms with Gasteiger partial charge in [-0.25, -0.2) is 4.98 Å². The predicted molar refractivity (Wildman–Crippen MR) is 86.5 cm³/mol. The van der Waals surface area contributed by atoms with E-state index >= 15 is 0 Å². The maximum Gasteiger partial charge on any atom is 0.117 e. The van der Waals surface area contributed by atoms with Gasteiger partial charge in [-0.05, 0) is 36.4 Å². The van der Waals surface area contributed by atoms with Gasteiger partial charge < -0.3 is 10.7 Å². The topological polar surface area (TPSA) is 54.7 Å². The van der Waals surface area contributed by atoms with E-state index in [9.17, 15) is 0 Å². The standard InChI is InChI=1S/C14H11Cl2N3S/c15-8-1-3-10(16)13(5-8)20-7-14-18-11-4-2-9(17)6-12(11)19-14/h1-6H,7,17H2,(H,18,19). The Balaban J connectivity index is 1.81. The first-order chi connectivity index (χ1) is 9.61. The molecule has 3 aromatic rings. The van der Waals surface area contributed by atoms with Crippen molar-refractivity contribution in [1.82, 2.24) is 9.97 Å². The average molecular weight is 324 g/mol. The monoisotopic (exact) mass is 323 g/mol. The fraction of sp³-hybridized carbons (Fsp3) is 0.0714. The van der Waals surface area contributed by atoms with Crippen LogP contribution in [0.3, 0.4) is 0 Å². The van der Waals surface area contributed by atoms with Gasteiger partial charge in [-0.2, -0.15) is 0 Å². The molecule has 0 aliphatic carbocycles. The third kappa shape index (κ3) is 2.87. The van der Waals surface area contributed by atoms with Gasteiger partial charge in [0.05, 0.1) is 21.8 Å². The number of aromatic nitrogens is 2. The summed E-state index contributed by atoms with van der Waals surface area (Å²) in [6.45, 7) is 0. The van der Waals surface area contributed by atoms with Crippen LogP contribution in [0.4, 0.5) is 5.69 Å². The van der Waals surface area contributed by atoms with E-state index in [1.165, 1.54) is 0 Å². The van der Waals surface area contributed by atoms with E-state index in [0.29, 0.717) is 15.8 Å². The molecule has 6 heteroatoms. The lowest BCUT2D eigenvalue weighted by Crippen LogP contribution is -1.84. The van der Waals surface area contributed by atoms with Gasteiger partial charge in [-0.15, -0.1) is 11.8 Å². The summed E-state index contributed by atoms with van der Waals surface area (Å²) in [6.07, 6.45) is 0. The summed E-state index contributed by atoms with van der Waals surface area (Å²) in [5, 5.41) is 1.37. The molecule has 20 heavy (non-hydrogen) atoms. The number of imidazole rings is 1. The van der Waals surface area contributed by atoms with Crippen molar-refractivity contribution in [3.8, 4) is 0 Å². The van der Waals surface area contributed by atoms with Crippen molar-refractivity contribution in [3.63, 3.8) is 0 Å². The van der Waals surface area contributed by atoms with Crippen LogP contribution in [0.5, 0.6) is 0 Å². The third-order valence-corrected chi connectivity index (χ3v) is 4.56. The van der Waals surface area contributed by atoms with Crippen LogP contribution in [0.15, 0.2) is 41.3 Å². The minimum absolute atomic E-state index is 0.675. The minimum atomic E-state index is 0.675. The SMILES string of the molecule is Nc1ccc2nc(CSc3cc(Cl)ccc3Cl)[nH]c2c1. The summed E-state index contributed by atoms with van der Waals surface area (Å²) in [5.74, 6) is 1.57. The Morgan fingerprint density at radius 3 is 2.85 bits per heavy atom. The van der Waals surface area contributed by atoms with Crippen molar-refractivity contribution in [3.05, 3.63) is 52.3 Å². The largest absolute Gasteiger partial charge is 0.399 e. The van der Waals surface area contributed by atoms with E-state index in [-0.39, 0.29) is 0 Å². The molecular formula is C14H11Cl2N3S. The third-order valence-electron chi connectivity index (χ3n) is 2.81. The Bertz CT molecular complexity index is 770. The zero-order valence-electron chi connectivity index (χ0n) is 10.4. The second kappa shape index (κ2) is 5.56. The summed E-state index contributed by atoms with van der Waals surface area (Å²) in [7, 11) is 0. The van der Waals surface area contributed by atoms with Gasteiger partial charge >= 0.3 is 0 Å². The zero-order chi connectivity index (χ0) is 14.1. The van der Waals surface area contributed by atoms with Crippen LogP contribution in [0.25, 0.3) is 11.0 Å². The second-order valence-corrected chi connectivity index (χ2v) is 6.18. The lowest BCUT2D eigenvalue weighted by molar-refractivity contribution is 1.14. The Morgan fingerprint density at radius 2 is 2.00 bits per heavy atom. The van der Waals surface area contributed by atoms with Gasteiger partial charge in [0.1, 0.15) is 5.82 Å². The minimum Gasteiger partial charge on any atom is -0.399 e. The molecule has 0 radical (unpaired) electrons. The van der Waals surface area contributed by atoms with Gasteiger partial charge in [0.15, 0.2) is 0 Å². The van der Waals surface area contributed by atoms with Crippen molar-refractivity contribution in [2.45, 2.75) is 10.6 Å². The van der Waals surface area contributed by atoms with E-state index in [1.807, 2.05) is 24.3 Å². The van der Waals surface area contributed by atoms with Crippen LogP contribution in [-0.2, 0) is 5.75 Å². The van der Waals surface area contributed by atoms with Gasteiger partial charge in [0.25, 0.3) is 0 Å². The quantitative estimate of drug-likeness (QED) is 0.540. The van der Waals surface area contributed by atoms with Crippen LogP contribution < -0.4 is 5.73 Å². The molecule has 0 saturated heterocycles. The molecule has 3 rings (SSSR count). The molecule has 0 unspecified atom stereocenters. The second-order valence-electron chi connectivity index (χ2n) is 4.32. The van der Waals surface area contributed by atoms with Crippen molar-refractivity contribution < 1.29 is 0 Å². The highest BCUT2D eigenvalue weighted by atomic mass is 35.5. The van der Waals surface area contributed by atoms with Crippen LogP contribution in [-0.4, -0.2) is 9.97 Å². The number of nitrogens with two attached hydrogens (primary N) is 1. The van der Waals surface area contributed by atoms with Gasteiger partial charge in [0, 0.05) is 15.6 Å². The van der Waals surface area contributed by atoms with Gasteiger partial charge in [0.2, 0.25) is 0 Å². The van der Waals surface area contributed by atoms with Crippen molar-refractivity contribution in [2.24, 2.45) is 0 Å². The normalized spacial score (nSPS) is 11.1. The highest BCUT2D eigenvalue weighted by Crippen LogP contribution is 2.31. The van der Waals surface area contributed by atoms with E-state index in [0.717, 1.165) is 27.4 Å². The molecule has 2 aromatic carbocycles. The van der Waals surface area contributed by atoms with Crippen molar-refractivity contribution >= 4 is 51.7 Å². The molecule has 0 amide bonds. The number of thioether (sulfide) groups is 1. The van der Waals surface area contributed by atoms with E-state index in [4.69, 9.17) is 28.9 Å². The average Bonchev–Trinajstić information content (AvgIpc) is 2.81. The molecule has 0 saturated carbocycles. The lowest BCUT2D eigenvalue weighted by Gasteiger charge is -2.02. The highest BCUT2D eigenvalue weighted by Gasteiger charge is 2.06. The molecule has 1 heterocycles. The molecule has 0 atom stereocenters. The number of nitrogens with zero attached hydrogens (tertiary/aromatic N) is 1. The summed E-state index contributed by atoms with van der Waals surface area (Å²) < 4.78 is 0. The smallest absolute Gasteiger partial charge is 0.117 e.